The number of ether oxygens (including phenoxy) is 2. The molecule has 2 fully saturated rings. The number of alkyl halides is 3. The Balaban J connectivity index is 1.36. The molecular formula is C37H47ClF3N8O5P. The number of nitrogens with one attached hydrogen (secondary N) is 3. The van der Waals surface area contributed by atoms with Crippen molar-refractivity contribution in [3.05, 3.63) is 59.8 Å². The van der Waals surface area contributed by atoms with Gasteiger partial charge in [-0.2, -0.15) is 18.2 Å². The standard InChI is InChI=1S/C37H47ClF3N8O5P/c1-36(2,3)54-35(51)49-19-17-47(18-20-49)24-12-15-48(16-13-24)29-22-30(53-4)28(21-27(29)43-32(50)11-14-37(39,40)41)45-34-42-23-25(38)33(46-34)44-26-9-7-8-10-31(26)55(5,6)52/h7-11,14,21-24H,12-13,15-20H2,1-6H3,(H,43,50)(H2,42,44,45,46)/b14-11+. The Hall–Kier alpha value is -4.53. The molecule has 0 atom stereocenters. The number of halogens is 4. The van der Waals surface area contributed by atoms with Crippen LogP contribution in [0, 0.1) is 0 Å². The van der Waals surface area contributed by atoms with Gasteiger partial charge in [0.2, 0.25) is 11.9 Å². The summed E-state index contributed by atoms with van der Waals surface area (Å²) < 4.78 is 63.1. The third-order valence-corrected chi connectivity index (χ3v) is 10.8. The number of allylic oxidation sites excluding steroid dienone is 1. The van der Waals surface area contributed by atoms with Crippen LogP contribution in [-0.4, -0.2) is 109 Å². The minimum atomic E-state index is -4.67. The molecular weight excluding hydrogens is 760 g/mol. The molecule has 298 valence electrons. The number of piperidine rings is 1. The normalized spacial score (nSPS) is 16.3. The molecule has 0 aliphatic carbocycles. The fourth-order valence-corrected chi connectivity index (χ4v) is 7.72. The van der Waals surface area contributed by atoms with Gasteiger partial charge in [0, 0.05) is 68.8 Å². The average Bonchev–Trinajstić information content (AvgIpc) is 3.11. The number of hydrogen-bond donors (Lipinski definition) is 3. The topological polar surface area (TPSA) is 141 Å². The zero-order chi connectivity index (χ0) is 40.1. The second-order valence-corrected chi connectivity index (χ2v) is 18.3. The molecule has 2 aliphatic heterocycles. The van der Waals surface area contributed by atoms with Crippen molar-refractivity contribution in [2.75, 3.05) is 80.6 Å². The maximum Gasteiger partial charge on any atom is 0.410 e. The van der Waals surface area contributed by atoms with Crippen molar-refractivity contribution in [2.45, 2.75) is 51.4 Å². The summed E-state index contributed by atoms with van der Waals surface area (Å²) in [6.45, 7) is 12.6. The lowest BCUT2D eigenvalue weighted by atomic mass is 10.0. The van der Waals surface area contributed by atoms with Crippen LogP contribution in [0.2, 0.25) is 5.02 Å². The van der Waals surface area contributed by atoms with Crippen LogP contribution < -0.4 is 30.9 Å². The minimum absolute atomic E-state index is 0.0911. The Morgan fingerprint density at radius 3 is 2.25 bits per heavy atom. The van der Waals surface area contributed by atoms with Crippen LogP contribution in [0.5, 0.6) is 5.75 Å². The minimum Gasteiger partial charge on any atom is -0.494 e. The van der Waals surface area contributed by atoms with Crippen molar-refractivity contribution in [1.82, 2.24) is 19.8 Å². The molecule has 3 aromatic rings. The molecule has 3 N–H and O–H groups in total. The summed E-state index contributed by atoms with van der Waals surface area (Å²) in [4.78, 5) is 40.3. The van der Waals surface area contributed by atoms with E-state index in [-0.39, 0.29) is 40.7 Å². The Labute approximate surface area is 324 Å². The molecule has 13 nitrogen and oxygen atoms in total. The highest BCUT2D eigenvalue weighted by atomic mass is 35.5. The third-order valence-electron chi connectivity index (χ3n) is 9.01. The van der Waals surface area contributed by atoms with E-state index < -0.39 is 24.8 Å². The number of amides is 2. The SMILES string of the molecule is COc1cc(N2CCC(N3CCN(C(=O)OC(C)(C)C)CC3)CC2)c(NC(=O)/C=C/C(F)(F)F)cc1Nc1ncc(Cl)c(Nc2ccccc2P(C)(C)=O)n1. The van der Waals surface area contributed by atoms with Gasteiger partial charge in [-0.05, 0) is 65.1 Å². The number of para-hydroxylation sites is 1. The van der Waals surface area contributed by atoms with E-state index >= 15 is 0 Å². The predicted octanol–water partition coefficient (Wildman–Crippen LogP) is 7.45. The zero-order valence-electron chi connectivity index (χ0n) is 31.7. The molecule has 0 unspecified atom stereocenters. The summed E-state index contributed by atoms with van der Waals surface area (Å²) in [5, 5.41) is 9.65. The maximum atomic E-state index is 13.0. The van der Waals surface area contributed by atoms with E-state index in [0.29, 0.717) is 73.5 Å². The molecule has 0 saturated carbocycles. The summed E-state index contributed by atoms with van der Waals surface area (Å²) in [5.74, 6) is -0.288. The number of methoxy groups -OCH3 is 1. The first-order valence-electron chi connectivity index (χ1n) is 17.8. The van der Waals surface area contributed by atoms with Gasteiger partial charge in [-0.3, -0.25) is 9.69 Å². The number of anilines is 6. The fourth-order valence-electron chi connectivity index (χ4n) is 6.42. The first-order chi connectivity index (χ1) is 25.8. The predicted molar refractivity (Wildman–Crippen MR) is 211 cm³/mol. The highest BCUT2D eigenvalue weighted by molar-refractivity contribution is 7.70. The highest BCUT2D eigenvalue weighted by Crippen LogP contribution is 2.41. The van der Waals surface area contributed by atoms with Crippen LogP contribution in [0.15, 0.2) is 54.7 Å². The molecule has 2 aliphatic rings. The molecule has 18 heteroatoms. The molecule has 2 aromatic carbocycles. The molecule has 3 heterocycles. The summed E-state index contributed by atoms with van der Waals surface area (Å²) in [6.07, 6.45) is -1.74. The molecule has 0 radical (unpaired) electrons. The summed E-state index contributed by atoms with van der Waals surface area (Å²) in [5.41, 5.74) is 1.12. The fraction of sp³-hybridized carbons (Fsp3) is 0.459. The number of nitrogens with zero attached hydrogens (tertiary/aromatic N) is 5. The first kappa shape index (κ1) is 41.6. The van der Waals surface area contributed by atoms with Crippen molar-refractivity contribution in [3.8, 4) is 5.75 Å². The van der Waals surface area contributed by atoms with Gasteiger partial charge in [0.05, 0.1) is 36.1 Å². The monoisotopic (exact) mass is 806 g/mol. The molecule has 2 amide bonds. The van der Waals surface area contributed by atoms with Crippen molar-refractivity contribution < 1.29 is 36.8 Å². The van der Waals surface area contributed by atoms with Gasteiger partial charge < -0.3 is 39.8 Å². The van der Waals surface area contributed by atoms with Gasteiger partial charge in [-0.25, -0.2) is 9.78 Å². The maximum absolute atomic E-state index is 13.0. The Kier molecular flexibility index (Phi) is 12.9. The van der Waals surface area contributed by atoms with E-state index in [1.54, 1.807) is 54.6 Å². The lowest BCUT2D eigenvalue weighted by molar-refractivity contribution is -0.112. The van der Waals surface area contributed by atoms with Gasteiger partial charge in [-0.1, -0.05) is 23.7 Å². The summed E-state index contributed by atoms with van der Waals surface area (Å²) >= 11 is 6.45. The van der Waals surface area contributed by atoms with E-state index in [4.69, 9.17) is 21.1 Å². The molecule has 55 heavy (non-hydrogen) atoms. The largest absolute Gasteiger partial charge is 0.494 e. The van der Waals surface area contributed by atoms with Crippen LogP contribution in [-0.2, 0) is 14.1 Å². The molecule has 2 saturated heterocycles. The van der Waals surface area contributed by atoms with Gasteiger partial charge in [0.1, 0.15) is 23.5 Å². The second-order valence-electron chi connectivity index (χ2n) is 14.7. The lowest BCUT2D eigenvalue weighted by Gasteiger charge is -2.43. The average molecular weight is 807 g/mol. The third kappa shape index (κ3) is 11.5. The van der Waals surface area contributed by atoms with E-state index in [0.717, 1.165) is 12.8 Å². The number of rotatable bonds is 10. The molecule has 1 aromatic heterocycles. The smallest absolute Gasteiger partial charge is 0.410 e. The van der Waals surface area contributed by atoms with Crippen molar-refractivity contribution in [2.24, 2.45) is 0 Å². The number of hydrogen-bond acceptors (Lipinski definition) is 11. The number of carbonyl (C=O) groups excluding carboxylic acids is 2. The Morgan fingerprint density at radius 1 is 0.964 bits per heavy atom. The number of benzene rings is 2. The highest BCUT2D eigenvalue weighted by Gasteiger charge is 2.32. The van der Waals surface area contributed by atoms with Gasteiger partial charge in [0.25, 0.3) is 0 Å². The van der Waals surface area contributed by atoms with Crippen LogP contribution >= 0.6 is 18.7 Å². The lowest BCUT2D eigenvalue weighted by Crippen LogP contribution is -2.55. The number of piperazine rings is 1. The van der Waals surface area contributed by atoms with E-state index in [2.05, 4.69) is 35.7 Å². The van der Waals surface area contributed by atoms with E-state index in [1.807, 2.05) is 20.8 Å². The Bertz CT molecular complexity index is 1940. The van der Waals surface area contributed by atoms with Crippen molar-refractivity contribution in [3.63, 3.8) is 0 Å². The van der Waals surface area contributed by atoms with Gasteiger partial charge in [-0.15, -0.1) is 0 Å². The zero-order valence-corrected chi connectivity index (χ0v) is 33.3. The molecule has 0 spiro atoms. The molecule has 5 rings (SSSR count). The summed E-state index contributed by atoms with van der Waals surface area (Å²) in [6, 6.07) is 10.6. The number of aromatic nitrogens is 2. The van der Waals surface area contributed by atoms with Crippen molar-refractivity contribution in [1.29, 1.82) is 0 Å². The Morgan fingerprint density at radius 2 is 1.64 bits per heavy atom. The molecule has 0 bridgehead atoms. The van der Waals surface area contributed by atoms with Crippen LogP contribution in [0.3, 0.4) is 0 Å². The summed E-state index contributed by atoms with van der Waals surface area (Å²) in [7, 11) is -1.19. The number of carbonyl (C=O) groups is 2. The van der Waals surface area contributed by atoms with E-state index in [1.165, 1.54) is 13.3 Å². The quantitative estimate of drug-likeness (QED) is 0.139. The van der Waals surface area contributed by atoms with Crippen molar-refractivity contribution >= 4 is 70.6 Å². The van der Waals surface area contributed by atoms with Gasteiger partial charge in [0.15, 0.2) is 5.82 Å². The van der Waals surface area contributed by atoms with Crippen LogP contribution in [0.4, 0.5) is 52.5 Å². The first-order valence-corrected chi connectivity index (χ1v) is 20.7. The van der Waals surface area contributed by atoms with E-state index in [9.17, 15) is 27.3 Å². The second kappa shape index (κ2) is 17.1. The van der Waals surface area contributed by atoms with Crippen LogP contribution in [0.1, 0.15) is 33.6 Å². The van der Waals surface area contributed by atoms with Crippen LogP contribution in [0.25, 0.3) is 0 Å². The van der Waals surface area contributed by atoms with Gasteiger partial charge >= 0.3 is 12.3 Å².